The van der Waals surface area contributed by atoms with Crippen molar-refractivity contribution in [3.8, 4) is 17.6 Å². The van der Waals surface area contributed by atoms with Crippen molar-refractivity contribution in [3.63, 3.8) is 0 Å². The lowest BCUT2D eigenvalue weighted by Gasteiger charge is -2.05. The molecule has 0 fully saturated rings. The van der Waals surface area contributed by atoms with Crippen LogP contribution < -0.4 is 10.1 Å². The third-order valence-electron chi connectivity index (χ3n) is 3.02. The highest BCUT2D eigenvalue weighted by Gasteiger charge is 2.07. The van der Waals surface area contributed by atoms with Gasteiger partial charge < -0.3 is 14.6 Å². The molecule has 0 aliphatic rings. The topological polar surface area (TPSA) is 77.2 Å². The van der Waals surface area contributed by atoms with Gasteiger partial charge in [-0.2, -0.15) is 0 Å². The van der Waals surface area contributed by atoms with Crippen LogP contribution in [0, 0.1) is 11.8 Å². The van der Waals surface area contributed by atoms with E-state index in [1.165, 1.54) is 12.3 Å². The van der Waals surface area contributed by atoms with Crippen LogP contribution in [0.15, 0.2) is 53.3 Å². The first-order valence-electron chi connectivity index (χ1n) is 6.96. The molecule has 23 heavy (non-hydrogen) atoms. The number of pyridine rings is 1. The molecule has 0 saturated heterocycles. The van der Waals surface area contributed by atoms with Crippen LogP contribution in [-0.4, -0.2) is 29.2 Å². The highest BCUT2D eigenvalue weighted by molar-refractivity contribution is 5.91. The minimum Gasteiger partial charge on any atom is -0.479 e. The van der Waals surface area contributed by atoms with Gasteiger partial charge >= 0.3 is 0 Å². The van der Waals surface area contributed by atoms with Crippen LogP contribution in [0.2, 0.25) is 0 Å². The van der Waals surface area contributed by atoms with Crippen LogP contribution in [0.1, 0.15) is 10.6 Å². The minimum atomic E-state index is -0.351. The maximum atomic E-state index is 11.6. The van der Waals surface area contributed by atoms with Crippen molar-refractivity contribution in [2.24, 2.45) is 0 Å². The van der Waals surface area contributed by atoms with Gasteiger partial charge in [-0.05, 0) is 12.1 Å². The Morgan fingerprint density at radius 2 is 2.09 bits per heavy atom. The first kappa shape index (κ1) is 14.6. The summed E-state index contributed by atoms with van der Waals surface area (Å²) in [6.45, 7) is 0.421. The Morgan fingerprint density at radius 1 is 1.17 bits per heavy atom. The lowest BCUT2D eigenvalue weighted by atomic mass is 10.2. The molecule has 0 atom stereocenters. The van der Waals surface area contributed by atoms with Gasteiger partial charge in [0.25, 0.3) is 5.91 Å². The minimum absolute atomic E-state index is 0.157. The Hall–Kier alpha value is -3.33. The summed E-state index contributed by atoms with van der Waals surface area (Å²) in [6.07, 6.45) is 3.13. The summed E-state index contributed by atoms with van der Waals surface area (Å²) >= 11 is 0. The van der Waals surface area contributed by atoms with Gasteiger partial charge in [0.1, 0.15) is 17.9 Å². The van der Waals surface area contributed by atoms with E-state index in [1.807, 2.05) is 30.3 Å². The average Bonchev–Trinajstić information content (AvgIpc) is 3.12. The molecule has 1 aromatic carbocycles. The number of rotatable bonds is 4. The monoisotopic (exact) mass is 307 g/mol. The van der Waals surface area contributed by atoms with E-state index in [4.69, 9.17) is 9.26 Å². The van der Waals surface area contributed by atoms with Crippen LogP contribution in [0.3, 0.4) is 0 Å². The van der Waals surface area contributed by atoms with Crippen LogP contribution in [0.4, 0.5) is 0 Å². The molecule has 2 aromatic heterocycles. The number of amides is 1. The Balaban J connectivity index is 1.51. The van der Waals surface area contributed by atoms with Crippen molar-refractivity contribution in [1.29, 1.82) is 0 Å². The Labute approximate surface area is 132 Å². The summed E-state index contributed by atoms with van der Waals surface area (Å²) < 4.78 is 10.4. The highest BCUT2D eigenvalue weighted by atomic mass is 16.5. The average molecular weight is 307 g/mol. The molecule has 114 valence electrons. The standard InChI is InChI=1S/C17H13N3O3/c21-17(15-8-11-20-23-15)19-9-1-2-12-22-14-7-3-5-13-6-4-10-18-16(13)14/h3-8,10-11H,9,12H2,(H,19,21). The predicted molar refractivity (Wildman–Crippen MR) is 83.9 cm³/mol. The molecule has 3 aromatic rings. The van der Waals surface area contributed by atoms with Crippen LogP contribution in [-0.2, 0) is 0 Å². The number of hydrogen-bond donors (Lipinski definition) is 1. The maximum Gasteiger partial charge on any atom is 0.290 e. The molecule has 0 bridgehead atoms. The quantitative estimate of drug-likeness (QED) is 0.746. The molecule has 1 N–H and O–H groups in total. The summed E-state index contributed by atoms with van der Waals surface area (Å²) in [6, 6.07) is 11.1. The lowest BCUT2D eigenvalue weighted by Crippen LogP contribution is -2.23. The summed E-state index contributed by atoms with van der Waals surface area (Å²) in [7, 11) is 0. The van der Waals surface area contributed by atoms with Crippen molar-refractivity contribution in [1.82, 2.24) is 15.5 Å². The van der Waals surface area contributed by atoms with Crippen molar-refractivity contribution in [2.75, 3.05) is 13.2 Å². The van der Waals surface area contributed by atoms with Crippen LogP contribution >= 0.6 is 0 Å². The number of fused-ring (bicyclic) bond motifs is 1. The molecule has 0 aliphatic carbocycles. The largest absolute Gasteiger partial charge is 0.479 e. The van der Waals surface area contributed by atoms with E-state index in [0.717, 1.165) is 10.9 Å². The van der Waals surface area contributed by atoms with E-state index in [-0.39, 0.29) is 24.8 Å². The highest BCUT2D eigenvalue weighted by Crippen LogP contribution is 2.22. The smallest absolute Gasteiger partial charge is 0.290 e. The van der Waals surface area contributed by atoms with Crippen LogP contribution in [0.5, 0.6) is 5.75 Å². The molecule has 6 heteroatoms. The first-order valence-corrected chi connectivity index (χ1v) is 6.96. The van der Waals surface area contributed by atoms with Gasteiger partial charge in [0.2, 0.25) is 5.76 Å². The van der Waals surface area contributed by atoms with Gasteiger partial charge in [-0.1, -0.05) is 35.2 Å². The second-order valence-corrected chi connectivity index (χ2v) is 4.53. The van der Waals surface area contributed by atoms with Crippen molar-refractivity contribution < 1.29 is 14.1 Å². The Morgan fingerprint density at radius 3 is 2.96 bits per heavy atom. The van der Waals surface area contributed by atoms with Gasteiger partial charge in [0, 0.05) is 17.6 Å². The summed E-state index contributed by atoms with van der Waals surface area (Å²) in [4.78, 5) is 15.9. The van der Waals surface area contributed by atoms with E-state index in [0.29, 0.717) is 5.75 Å². The molecule has 1 amide bonds. The van der Waals surface area contributed by atoms with Gasteiger partial charge in [0.15, 0.2) is 0 Å². The first-order chi connectivity index (χ1) is 11.3. The summed E-state index contributed by atoms with van der Waals surface area (Å²) in [5.41, 5.74) is 0.801. The van der Waals surface area contributed by atoms with Gasteiger partial charge in [-0.25, -0.2) is 0 Å². The summed E-state index contributed by atoms with van der Waals surface area (Å²) in [5, 5.41) is 7.07. The zero-order chi connectivity index (χ0) is 15.9. The zero-order valence-electron chi connectivity index (χ0n) is 12.2. The van der Waals surface area contributed by atoms with Gasteiger partial charge in [-0.3, -0.25) is 9.78 Å². The second kappa shape index (κ2) is 7.09. The van der Waals surface area contributed by atoms with Crippen molar-refractivity contribution in [2.45, 2.75) is 0 Å². The maximum absolute atomic E-state index is 11.6. The fourth-order valence-electron chi connectivity index (χ4n) is 1.96. The van der Waals surface area contributed by atoms with E-state index >= 15 is 0 Å². The molecule has 0 unspecified atom stereocenters. The van der Waals surface area contributed by atoms with E-state index in [1.54, 1.807) is 6.20 Å². The zero-order valence-corrected chi connectivity index (χ0v) is 12.2. The molecule has 0 saturated carbocycles. The normalized spacial score (nSPS) is 9.91. The fraction of sp³-hybridized carbons (Fsp3) is 0.118. The number of nitrogens with one attached hydrogen (secondary N) is 1. The molecule has 3 rings (SSSR count). The second-order valence-electron chi connectivity index (χ2n) is 4.53. The SMILES string of the molecule is O=C(NCC#CCOc1cccc2cccnc12)c1ccno1. The third kappa shape index (κ3) is 3.66. The number of benzene rings is 1. The lowest BCUT2D eigenvalue weighted by molar-refractivity contribution is 0.0922. The van der Waals surface area contributed by atoms with E-state index in [2.05, 4.69) is 27.3 Å². The summed E-state index contributed by atoms with van der Waals surface area (Å²) in [5.74, 6) is 6.14. The van der Waals surface area contributed by atoms with E-state index in [9.17, 15) is 4.79 Å². The number of nitrogens with zero attached hydrogens (tertiary/aromatic N) is 2. The third-order valence-corrected chi connectivity index (χ3v) is 3.02. The molecule has 6 nitrogen and oxygen atoms in total. The molecule has 0 spiro atoms. The predicted octanol–water partition coefficient (Wildman–Crippen LogP) is 2.04. The molecule has 0 radical (unpaired) electrons. The van der Waals surface area contributed by atoms with Crippen LogP contribution in [0.25, 0.3) is 10.9 Å². The number of ether oxygens (including phenoxy) is 1. The van der Waals surface area contributed by atoms with Crippen molar-refractivity contribution in [3.05, 3.63) is 54.6 Å². The molecular formula is C17H13N3O3. The van der Waals surface area contributed by atoms with Gasteiger partial charge in [0.05, 0.1) is 12.7 Å². The molecular weight excluding hydrogens is 294 g/mol. The number of carbonyl (C=O) groups is 1. The van der Waals surface area contributed by atoms with Crippen molar-refractivity contribution >= 4 is 16.8 Å². The van der Waals surface area contributed by atoms with E-state index < -0.39 is 0 Å². The number of hydrogen-bond acceptors (Lipinski definition) is 5. The number of aromatic nitrogens is 2. The fourth-order valence-corrected chi connectivity index (χ4v) is 1.96. The number of para-hydroxylation sites is 1. The molecule has 0 aliphatic heterocycles. The Bertz CT molecular complexity index is 858. The molecule has 2 heterocycles. The number of carbonyl (C=O) groups excluding carboxylic acids is 1. The van der Waals surface area contributed by atoms with Gasteiger partial charge in [-0.15, -0.1) is 0 Å². The Kier molecular flexibility index (Phi) is 4.50.